The highest BCUT2D eigenvalue weighted by molar-refractivity contribution is 5.76. The summed E-state index contributed by atoms with van der Waals surface area (Å²) < 4.78 is 5.18. The minimum atomic E-state index is -0.849. The highest BCUT2D eigenvalue weighted by Crippen LogP contribution is 2.21. The lowest BCUT2D eigenvalue weighted by atomic mass is 9.94. The predicted molar refractivity (Wildman–Crippen MR) is 135 cm³/mol. The smallest absolute Gasteiger partial charge is 0.306 e. The Morgan fingerprint density at radius 1 is 0.882 bits per heavy atom. The maximum absolute atomic E-state index is 12.6. The number of carboxylic acid groups (broad SMARTS) is 1. The molecule has 2 N–H and O–H groups in total. The van der Waals surface area contributed by atoms with Crippen molar-refractivity contribution in [2.45, 2.75) is 45.1 Å². The Morgan fingerprint density at radius 3 is 2.12 bits per heavy atom. The Hall–Kier alpha value is -3.60. The molecule has 34 heavy (non-hydrogen) atoms. The summed E-state index contributed by atoms with van der Waals surface area (Å²) in [6, 6.07) is 26.0. The van der Waals surface area contributed by atoms with Crippen LogP contribution in [0.25, 0.3) is 11.1 Å². The second-order valence-electron chi connectivity index (χ2n) is 8.71. The number of rotatable bonds is 12. The maximum Gasteiger partial charge on any atom is 0.306 e. The molecular formula is C29H33NO4. The number of carbonyl (C=O) groups excluding carboxylic acids is 1. The minimum Gasteiger partial charge on any atom is -0.497 e. The molecule has 5 nitrogen and oxygen atoms in total. The van der Waals surface area contributed by atoms with E-state index in [4.69, 9.17) is 4.74 Å². The molecule has 0 aliphatic carbocycles. The zero-order valence-corrected chi connectivity index (χ0v) is 19.9. The van der Waals surface area contributed by atoms with Crippen LogP contribution in [0.5, 0.6) is 5.75 Å². The van der Waals surface area contributed by atoms with Crippen molar-refractivity contribution in [2.75, 3.05) is 7.11 Å². The third kappa shape index (κ3) is 7.77. The van der Waals surface area contributed by atoms with Crippen LogP contribution in [0.4, 0.5) is 0 Å². The summed E-state index contributed by atoms with van der Waals surface area (Å²) in [4.78, 5) is 24.1. The quantitative estimate of drug-likeness (QED) is 0.374. The standard InChI is InChI=1S/C29H33NO4/c1-21(29(32)33)19-26(20-23-11-15-25(16-12-23)24-8-4-3-5-9-24)30-28(31)10-6-7-22-13-17-27(34-2)18-14-22/h3-5,8-9,11-18,21,26H,6-7,10,19-20H2,1-2H3,(H,30,31)(H,32,33)/t21-,26?/m1/s1. The van der Waals surface area contributed by atoms with Gasteiger partial charge in [-0.05, 0) is 60.1 Å². The van der Waals surface area contributed by atoms with E-state index in [2.05, 4.69) is 41.7 Å². The van der Waals surface area contributed by atoms with Gasteiger partial charge in [0.05, 0.1) is 13.0 Å². The topological polar surface area (TPSA) is 75.6 Å². The van der Waals surface area contributed by atoms with Gasteiger partial charge in [0.25, 0.3) is 0 Å². The summed E-state index contributed by atoms with van der Waals surface area (Å²) in [7, 11) is 1.64. The second kappa shape index (κ2) is 12.6. The SMILES string of the molecule is COc1ccc(CCCC(=O)NC(Cc2ccc(-c3ccccc3)cc2)C[C@@H](C)C(=O)O)cc1. The lowest BCUT2D eigenvalue weighted by Crippen LogP contribution is -2.38. The molecule has 3 rings (SSSR count). The third-order valence-electron chi connectivity index (χ3n) is 6.00. The van der Waals surface area contributed by atoms with Crippen LogP contribution < -0.4 is 10.1 Å². The fourth-order valence-corrected chi connectivity index (χ4v) is 4.01. The first kappa shape index (κ1) is 25.0. The average molecular weight is 460 g/mol. The van der Waals surface area contributed by atoms with Crippen LogP contribution in [0.3, 0.4) is 0 Å². The Balaban J connectivity index is 1.57. The van der Waals surface area contributed by atoms with Gasteiger partial charge in [0.2, 0.25) is 5.91 Å². The number of ether oxygens (including phenoxy) is 1. The van der Waals surface area contributed by atoms with Gasteiger partial charge in [0, 0.05) is 12.5 Å². The minimum absolute atomic E-state index is 0.0444. The molecule has 5 heteroatoms. The van der Waals surface area contributed by atoms with E-state index in [-0.39, 0.29) is 11.9 Å². The van der Waals surface area contributed by atoms with Crippen molar-refractivity contribution < 1.29 is 19.4 Å². The fraction of sp³-hybridized carbons (Fsp3) is 0.310. The van der Waals surface area contributed by atoms with E-state index in [1.807, 2.05) is 42.5 Å². The zero-order valence-electron chi connectivity index (χ0n) is 19.9. The predicted octanol–water partition coefficient (Wildman–Crippen LogP) is 5.52. The Bertz CT molecular complexity index is 1050. The molecule has 178 valence electrons. The van der Waals surface area contributed by atoms with Crippen LogP contribution in [0.2, 0.25) is 0 Å². The van der Waals surface area contributed by atoms with Gasteiger partial charge in [-0.25, -0.2) is 0 Å². The van der Waals surface area contributed by atoms with Crippen molar-refractivity contribution in [3.63, 3.8) is 0 Å². The van der Waals surface area contributed by atoms with E-state index in [1.54, 1.807) is 14.0 Å². The number of carbonyl (C=O) groups is 2. The first-order valence-electron chi connectivity index (χ1n) is 11.7. The molecule has 0 saturated carbocycles. The fourth-order valence-electron chi connectivity index (χ4n) is 4.01. The monoisotopic (exact) mass is 459 g/mol. The van der Waals surface area contributed by atoms with Gasteiger partial charge in [-0.15, -0.1) is 0 Å². The summed E-state index contributed by atoms with van der Waals surface area (Å²) in [6.45, 7) is 1.68. The third-order valence-corrected chi connectivity index (χ3v) is 6.00. The number of carboxylic acids is 1. The van der Waals surface area contributed by atoms with Gasteiger partial charge in [-0.3, -0.25) is 9.59 Å². The molecule has 0 saturated heterocycles. The van der Waals surface area contributed by atoms with Crippen molar-refractivity contribution in [1.29, 1.82) is 0 Å². The van der Waals surface area contributed by atoms with Gasteiger partial charge < -0.3 is 15.2 Å². The normalized spacial score (nSPS) is 12.5. The van der Waals surface area contributed by atoms with Crippen molar-refractivity contribution in [2.24, 2.45) is 5.92 Å². The summed E-state index contributed by atoms with van der Waals surface area (Å²) in [5.74, 6) is -0.614. The average Bonchev–Trinajstić information content (AvgIpc) is 2.85. The van der Waals surface area contributed by atoms with Crippen LogP contribution in [0.15, 0.2) is 78.9 Å². The summed E-state index contributed by atoms with van der Waals surface area (Å²) in [5, 5.41) is 12.5. The van der Waals surface area contributed by atoms with Gasteiger partial charge in [0.15, 0.2) is 0 Å². The molecule has 3 aromatic rings. The lowest BCUT2D eigenvalue weighted by Gasteiger charge is -2.21. The van der Waals surface area contributed by atoms with Crippen LogP contribution in [-0.2, 0) is 22.4 Å². The molecular weight excluding hydrogens is 426 g/mol. The zero-order chi connectivity index (χ0) is 24.3. The number of nitrogens with one attached hydrogen (secondary N) is 1. The molecule has 1 unspecified atom stereocenters. The van der Waals surface area contributed by atoms with Crippen LogP contribution >= 0.6 is 0 Å². The van der Waals surface area contributed by atoms with Crippen molar-refractivity contribution >= 4 is 11.9 Å². The molecule has 0 heterocycles. The van der Waals surface area contributed by atoms with E-state index < -0.39 is 11.9 Å². The molecule has 0 radical (unpaired) electrons. The lowest BCUT2D eigenvalue weighted by molar-refractivity contribution is -0.141. The number of hydrogen-bond donors (Lipinski definition) is 2. The summed E-state index contributed by atoms with van der Waals surface area (Å²) in [5.41, 5.74) is 4.50. The van der Waals surface area contributed by atoms with E-state index in [9.17, 15) is 14.7 Å². The summed E-state index contributed by atoms with van der Waals surface area (Å²) >= 11 is 0. The maximum atomic E-state index is 12.6. The second-order valence-corrected chi connectivity index (χ2v) is 8.71. The number of aryl methyl sites for hydroxylation is 1. The number of aliphatic carboxylic acids is 1. The van der Waals surface area contributed by atoms with Crippen molar-refractivity contribution in [3.8, 4) is 16.9 Å². The van der Waals surface area contributed by atoms with Gasteiger partial charge >= 0.3 is 5.97 Å². The molecule has 0 aliphatic rings. The first-order valence-corrected chi connectivity index (χ1v) is 11.7. The number of methoxy groups -OCH3 is 1. The Morgan fingerprint density at radius 2 is 1.50 bits per heavy atom. The molecule has 3 aromatic carbocycles. The van der Waals surface area contributed by atoms with E-state index in [0.717, 1.165) is 40.8 Å². The molecule has 0 fully saturated rings. The number of hydrogen-bond acceptors (Lipinski definition) is 3. The number of amides is 1. The molecule has 0 bridgehead atoms. The van der Waals surface area contributed by atoms with Gasteiger partial charge in [-0.1, -0.05) is 73.7 Å². The van der Waals surface area contributed by atoms with Crippen molar-refractivity contribution in [3.05, 3.63) is 90.0 Å². The molecule has 1 amide bonds. The highest BCUT2D eigenvalue weighted by atomic mass is 16.5. The molecule has 0 aliphatic heterocycles. The van der Waals surface area contributed by atoms with Crippen LogP contribution in [0.1, 0.15) is 37.3 Å². The first-order chi connectivity index (χ1) is 16.4. The van der Waals surface area contributed by atoms with Crippen molar-refractivity contribution in [1.82, 2.24) is 5.32 Å². The van der Waals surface area contributed by atoms with E-state index >= 15 is 0 Å². The van der Waals surface area contributed by atoms with E-state index in [0.29, 0.717) is 19.3 Å². The van der Waals surface area contributed by atoms with Gasteiger partial charge in [0.1, 0.15) is 5.75 Å². The largest absolute Gasteiger partial charge is 0.497 e. The van der Waals surface area contributed by atoms with Crippen LogP contribution in [-0.4, -0.2) is 30.1 Å². The van der Waals surface area contributed by atoms with Crippen LogP contribution in [0, 0.1) is 5.92 Å². The van der Waals surface area contributed by atoms with Gasteiger partial charge in [-0.2, -0.15) is 0 Å². The Kier molecular flexibility index (Phi) is 9.27. The number of benzene rings is 3. The summed E-state index contributed by atoms with van der Waals surface area (Å²) in [6.07, 6.45) is 2.91. The van der Waals surface area contributed by atoms with E-state index in [1.165, 1.54) is 0 Å². The highest BCUT2D eigenvalue weighted by Gasteiger charge is 2.20. The Labute approximate surface area is 201 Å². The molecule has 0 aromatic heterocycles. The molecule has 0 spiro atoms. The molecule has 2 atom stereocenters.